The van der Waals surface area contributed by atoms with Crippen molar-refractivity contribution in [2.75, 3.05) is 31.3 Å². The quantitative estimate of drug-likeness (QED) is 0.633. The lowest BCUT2D eigenvalue weighted by Gasteiger charge is -2.12. The molecule has 1 aliphatic heterocycles. The number of hydrogen-bond acceptors (Lipinski definition) is 3. The van der Waals surface area contributed by atoms with E-state index in [1.165, 1.54) is 44.0 Å². The summed E-state index contributed by atoms with van der Waals surface area (Å²) in [4.78, 5) is 2.53. The summed E-state index contributed by atoms with van der Waals surface area (Å²) in [5.41, 5.74) is 5.41. The monoisotopic (exact) mass is 174 g/mol. The molecule has 1 rings (SSSR count). The zero-order valence-corrected chi connectivity index (χ0v) is 7.91. The Morgan fingerprint density at radius 1 is 1.27 bits per heavy atom. The lowest BCUT2D eigenvalue weighted by molar-refractivity contribution is 0.345. The number of rotatable bonds is 5. The molecule has 0 aromatic rings. The molecule has 0 bridgehead atoms. The van der Waals surface area contributed by atoms with Crippen LogP contribution in [0.4, 0.5) is 0 Å². The average Bonchev–Trinajstić information content (AvgIpc) is 2.50. The predicted molar refractivity (Wildman–Crippen MR) is 51.8 cm³/mol. The van der Waals surface area contributed by atoms with Crippen LogP contribution in [0.3, 0.4) is 0 Å². The molecule has 0 atom stereocenters. The molecule has 0 aromatic heterocycles. The summed E-state index contributed by atoms with van der Waals surface area (Å²) in [6.07, 6.45) is 3.83. The van der Waals surface area contributed by atoms with Gasteiger partial charge in [-0.15, -0.1) is 11.8 Å². The normalized spacial score (nSPS) is 19.4. The molecule has 1 aliphatic rings. The van der Waals surface area contributed by atoms with E-state index in [9.17, 15) is 0 Å². The Morgan fingerprint density at radius 3 is 2.82 bits per heavy atom. The van der Waals surface area contributed by atoms with Gasteiger partial charge in [0.05, 0.1) is 0 Å². The van der Waals surface area contributed by atoms with Crippen molar-refractivity contribution in [2.45, 2.75) is 19.3 Å². The maximum absolute atomic E-state index is 5.41. The van der Waals surface area contributed by atoms with Gasteiger partial charge in [-0.3, -0.25) is 4.90 Å². The Kier molecular flexibility index (Phi) is 4.99. The second kappa shape index (κ2) is 5.86. The van der Waals surface area contributed by atoms with Gasteiger partial charge in [-0.2, -0.15) is 0 Å². The standard InChI is InChI=1S/C8H18N2S/c9-4-2-1-3-5-10-6-7-11-8-10/h1-9H2. The minimum atomic E-state index is 0.856. The molecule has 1 heterocycles. The Morgan fingerprint density at radius 2 is 2.18 bits per heavy atom. The highest BCUT2D eigenvalue weighted by Crippen LogP contribution is 2.13. The summed E-state index contributed by atoms with van der Waals surface area (Å²) in [6.45, 7) is 3.44. The summed E-state index contributed by atoms with van der Waals surface area (Å²) >= 11 is 2.05. The van der Waals surface area contributed by atoms with Crippen molar-refractivity contribution in [3.63, 3.8) is 0 Å². The molecule has 0 radical (unpaired) electrons. The maximum Gasteiger partial charge on any atom is 0.0445 e. The molecule has 0 amide bonds. The van der Waals surface area contributed by atoms with Crippen LogP contribution in [-0.2, 0) is 0 Å². The highest BCUT2D eigenvalue weighted by Gasteiger charge is 2.09. The molecule has 0 saturated carbocycles. The fraction of sp³-hybridized carbons (Fsp3) is 1.00. The van der Waals surface area contributed by atoms with E-state index in [1.54, 1.807) is 0 Å². The largest absolute Gasteiger partial charge is 0.330 e. The van der Waals surface area contributed by atoms with Crippen molar-refractivity contribution in [1.29, 1.82) is 0 Å². The van der Waals surface area contributed by atoms with E-state index in [0.717, 1.165) is 6.54 Å². The van der Waals surface area contributed by atoms with Gasteiger partial charge in [0.2, 0.25) is 0 Å². The number of unbranched alkanes of at least 4 members (excludes halogenated alkanes) is 2. The van der Waals surface area contributed by atoms with Crippen molar-refractivity contribution in [1.82, 2.24) is 4.90 Å². The van der Waals surface area contributed by atoms with Gasteiger partial charge in [-0.05, 0) is 25.9 Å². The van der Waals surface area contributed by atoms with Crippen molar-refractivity contribution in [2.24, 2.45) is 5.73 Å². The van der Waals surface area contributed by atoms with Gasteiger partial charge in [0, 0.05) is 18.2 Å². The lowest BCUT2D eigenvalue weighted by atomic mass is 10.2. The Hall–Kier alpha value is 0.270. The van der Waals surface area contributed by atoms with Gasteiger partial charge < -0.3 is 5.73 Å². The first-order valence-corrected chi connectivity index (χ1v) is 5.59. The molecule has 0 unspecified atom stereocenters. The van der Waals surface area contributed by atoms with Crippen LogP contribution >= 0.6 is 11.8 Å². The van der Waals surface area contributed by atoms with Crippen LogP contribution < -0.4 is 5.73 Å². The fourth-order valence-electron chi connectivity index (χ4n) is 1.28. The number of nitrogens with two attached hydrogens (primary N) is 1. The van der Waals surface area contributed by atoms with Crippen LogP contribution in [0, 0.1) is 0 Å². The summed E-state index contributed by atoms with van der Waals surface area (Å²) in [7, 11) is 0. The molecule has 1 fully saturated rings. The van der Waals surface area contributed by atoms with Gasteiger partial charge >= 0.3 is 0 Å². The van der Waals surface area contributed by atoms with Crippen molar-refractivity contribution in [3.8, 4) is 0 Å². The van der Waals surface area contributed by atoms with E-state index in [4.69, 9.17) is 5.73 Å². The molecule has 2 nitrogen and oxygen atoms in total. The average molecular weight is 174 g/mol. The third-order valence-electron chi connectivity index (χ3n) is 2.00. The van der Waals surface area contributed by atoms with Crippen LogP contribution in [0.2, 0.25) is 0 Å². The van der Waals surface area contributed by atoms with Gasteiger partial charge in [0.25, 0.3) is 0 Å². The van der Waals surface area contributed by atoms with Gasteiger partial charge in [0.15, 0.2) is 0 Å². The summed E-state index contributed by atoms with van der Waals surface area (Å²) < 4.78 is 0. The van der Waals surface area contributed by atoms with Crippen molar-refractivity contribution in [3.05, 3.63) is 0 Å². The topological polar surface area (TPSA) is 29.3 Å². The van der Waals surface area contributed by atoms with Crippen LogP contribution in [0.5, 0.6) is 0 Å². The van der Waals surface area contributed by atoms with Crippen LogP contribution in [0.25, 0.3) is 0 Å². The number of thioether (sulfide) groups is 1. The third-order valence-corrected chi connectivity index (χ3v) is 3.02. The SMILES string of the molecule is NCCCCCN1CCSC1. The number of hydrogen-bond donors (Lipinski definition) is 1. The molecule has 3 heteroatoms. The second-order valence-electron chi connectivity index (χ2n) is 3.00. The van der Waals surface area contributed by atoms with E-state index < -0.39 is 0 Å². The van der Waals surface area contributed by atoms with Crippen LogP contribution in [-0.4, -0.2) is 36.2 Å². The van der Waals surface area contributed by atoms with E-state index >= 15 is 0 Å². The first kappa shape index (κ1) is 9.36. The molecule has 0 spiro atoms. The predicted octanol–water partition coefficient (Wildman–Crippen LogP) is 1.12. The van der Waals surface area contributed by atoms with Gasteiger partial charge in [-0.1, -0.05) is 6.42 Å². The first-order valence-electron chi connectivity index (χ1n) is 4.43. The van der Waals surface area contributed by atoms with E-state index in [0.29, 0.717) is 0 Å². The van der Waals surface area contributed by atoms with E-state index in [2.05, 4.69) is 4.90 Å². The van der Waals surface area contributed by atoms with Crippen molar-refractivity contribution >= 4 is 11.8 Å². The minimum Gasteiger partial charge on any atom is -0.330 e. The highest BCUT2D eigenvalue weighted by atomic mass is 32.2. The summed E-state index contributed by atoms with van der Waals surface area (Å²) in [6, 6.07) is 0. The molecular formula is C8H18N2S. The minimum absolute atomic E-state index is 0.856. The van der Waals surface area contributed by atoms with E-state index in [-0.39, 0.29) is 0 Å². The molecule has 1 saturated heterocycles. The van der Waals surface area contributed by atoms with Gasteiger partial charge in [0.1, 0.15) is 0 Å². The molecule has 11 heavy (non-hydrogen) atoms. The maximum atomic E-state index is 5.41. The Labute approximate surface area is 73.5 Å². The summed E-state index contributed by atoms with van der Waals surface area (Å²) in [5.74, 6) is 2.58. The smallest absolute Gasteiger partial charge is 0.0445 e. The molecule has 2 N–H and O–H groups in total. The van der Waals surface area contributed by atoms with Crippen molar-refractivity contribution < 1.29 is 0 Å². The van der Waals surface area contributed by atoms with Crippen LogP contribution in [0.15, 0.2) is 0 Å². The van der Waals surface area contributed by atoms with Crippen LogP contribution in [0.1, 0.15) is 19.3 Å². The fourth-order valence-corrected chi connectivity index (χ4v) is 2.32. The number of nitrogens with zero attached hydrogens (tertiary/aromatic N) is 1. The zero-order chi connectivity index (χ0) is 7.94. The second-order valence-corrected chi connectivity index (χ2v) is 4.08. The molecule has 0 aliphatic carbocycles. The van der Waals surface area contributed by atoms with Gasteiger partial charge in [-0.25, -0.2) is 0 Å². The molecule has 0 aromatic carbocycles. The lowest BCUT2D eigenvalue weighted by Crippen LogP contribution is -2.20. The summed E-state index contributed by atoms with van der Waals surface area (Å²) in [5, 5.41) is 0. The zero-order valence-electron chi connectivity index (χ0n) is 7.09. The molecule has 66 valence electrons. The Balaban J connectivity index is 1.86. The Bertz CT molecular complexity index is 92.1. The first-order chi connectivity index (χ1) is 5.43. The highest BCUT2D eigenvalue weighted by molar-refractivity contribution is 7.99. The third kappa shape index (κ3) is 3.99. The molecular weight excluding hydrogens is 156 g/mol. The van der Waals surface area contributed by atoms with E-state index in [1.807, 2.05) is 11.8 Å².